The average Bonchev–Trinajstić information content (AvgIpc) is 2.57. The van der Waals surface area contributed by atoms with Crippen LogP contribution in [0.15, 0.2) is 24.3 Å². The molecule has 2 rings (SSSR count). The van der Waals surface area contributed by atoms with E-state index in [0.717, 1.165) is 0 Å². The minimum Gasteiger partial charge on any atom is -0.480 e. The first kappa shape index (κ1) is 19.2. The molecule has 26 heavy (non-hydrogen) atoms. The van der Waals surface area contributed by atoms with Crippen LogP contribution in [0.1, 0.15) is 20.8 Å². The van der Waals surface area contributed by atoms with Crippen molar-refractivity contribution in [2.75, 3.05) is 16.8 Å². The Kier molecular flexibility index (Phi) is 5.81. The summed E-state index contributed by atoms with van der Waals surface area (Å²) in [4.78, 5) is 49.0. The Labute approximate surface area is 150 Å². The van der Waals surface area contributed by atoms with E-state index in [1.54, 1.807) is 38.1 Å². The van der Waals surface area contributed by atoms with Crippen molar-refractivity contribution < 1.29 is 24.3 Å². The second-order valence-corrected chi connectivity index (χ2v) is 6.39. The maximum atomic E-state index is 12.7. The van der Waals surface area contributed by atoms with E-state index in [0.29, 0.717) is 11.4 Å². The largest absolute Gasteiger partial charge is 0.480 e. The summed E-state index contributed by atoms with van der Waals surface area (Å²) in [6.07, 6.45) is 0. The number of carboxylic acids is 1. The Hall–Kier alpha value is -3.10. The van der Waals surface area contributed by atoms with Crippen LogP contribution in [-0.2, 0) is 14.4 Å². The van der Waals surface area contributed by atoms with Crippen molar-refractivity contribution in [3.05, 3.63) is 24.3 Å². The Balaban J connectivity index is 2.16. The zero-order valence-corrected chi connectivity index (χ0v) is 14.8. The molecule has 0 unspecified atom stereocenters. The van der Waals surface area contributed by atoms with Crippen molar-refractivity contribution in [2.24, 2.45) is 5.92 Å². The molecule has 140 valence electrons. The Morgan fingerprint density at radius 1 is 1.15 bits per heavy atom. The molecule has 0 saturated heterocycles. The molecule has 0 bridgehead atoms. The van der Waals surface area contributed by atoms with Gasteiger partial charge in [-0.15, -0.1) is 0 Å². The molecule has 9 heteroatoms. The van der Waals surface area contributed by atoms with Crippen LogP contribution in [0.2, 0.25) is 0 Å². The van der Waals surface area contributed by atoms with Crippen LogP contribution in [0, 0.1) is 5.92 Å². The average molecular weight is 362 g/mol. The number of hydrogen-bond acceptors (Lipinski definition) is 4. The molecule has 0 saturated carbocycles. The molecule has 0 aliphatic carbocycles. The summed E-state index contributed by atoms with van der Waals surface area (Å²) in [5.41, 5.74) is 1.02. The normalized spacial score (nSPS) is 15.5. The van der Waals surface area contributed by atoms with Crippen molar-refractivity contribution in [1.82, 2.24) is 10.6 Å². The van der Waals surface area contributed by atoms with Gasteiger partial charge in [0.15, 0.2) is 0 Å². The lowest BCUT2D eigenvalue weighted by atomic mass is 10.0. The van der Waals surface area contributed by atoms with E-state index in [4.69, 9.17) is 5.11 Å². The van der Waals surface area contributed by atoms with Crippen LogP contribution in [-0.4, -0.2) is 47.5 Å². The van der Waals surface area contributed by atoms with E-state index in [-0.39, 0.29) is 18.4 Å². The summed E-state index contributed by atoms with van der Waals surface area (Å²) in [7, 11) is 0. The van der Waals surface area contributed by atoms with Crippen molar-refractivity contribution in [3.63, 3.8) is 0 Å². The van der Waals surface area contributed by atoms with E-state index in [1.165, 1.54) is 11.8 Å². The number of nitrogens with one attached hydrogen (secondary N) is 3. The van der Waals surface area contributed by atoms with Gasteiger partial charge in [0.25, 0.3) is 0 Å². The molecule has 1 aliphatic heterocycles. The van der Waals surface area contributed by atoms with Crippen LogP contribution in [0.4, 0.5) is 16.2 Å². The first-order valence-electron chi connectivity index (χ1n) is 8.20. The van der Waals surface area contributed by atoms with Crippen LogP contribution in [0.3, 0.4) is 0 Å². The van der Waals surface area contributed by atoms with Gasteiger partial charge in [0, 0.05) is 0 Å². The van der Waals surface area contributed by atoms with Gasteiger partial charge in [-0.1, -0.05) is 26.0 Å². The summed E-state index contributed by atoms with van der Waals surface area (Å²) < 4.78 is 0. The predicted molar refractivity (Wildman–Crippen MR) is 94.8 cm³/mol. The molecule has 0 fully saturated rings. The summed E-state index contributed by atoms with van der Waals surface area (Å²) >= 11 is 0. The second-order valence-electron chi connectivity index (χ2n) is 6.39. The van der Waals surface area contributed by atoms with Crippen LogP contribution < -0.4 is 20.9 Å². The maximum Gasteiger partial charge on any atom is 0.325 e. The van der Waals surface area contributed by atoms with Gasteiger partial charge in [-0.25, -0.2) is 4.79 Å². The van der Waals surface area contributed by atoms with E-state index in [1.807, 2.05) is 0 Å². The number of hydrogen-bond donors (Lipinski definition) is 4. The monoisotopic (exact) mass is 362 g/mol. The Morgan fingerprint density at radius 3 is 2.42 bits per heavy atom. The lowest BCUT2D eigenvalue weighted by Crippen LogP contribution is -2.57. The SMILES string of the molecule is CC(C)[C@H](NC(=O)N1CC(=O)Nc2ccccc21)C(=O)N[C@H](C)C(=O)O. The first-order chi connectivity index (χ1) is 12.2. The Morgan fingerprint density at radius 2 is 1.81 bits per heavy atom. The molecule has 1 aromatic carbocycles. The lowest BCUT2D eigenvalue weighted by molar-refractivity contribution is -0.141. The van der Waals surface area contributed by atoms with Gasteiger partial charge in [0.2, 0.25) is 11.8 Å². The van der Waals surface area contributed by atoms with E-state index in [9.17, 15) is 19.2 Å². The lowest BCUT2D eigenvalue weighted by Gasteiger charge is -2.31. The highest BCUT2D eigenvalue weighted by atomic mass is 16.4. The van der Waals surface area contributed by atoms with Gasteiger partial charge in [-0.3, -0.25) is 19.3 Å². The molecular formula is C17H22N4O5. The number of para-hydroxylation sites is 2. The molecule has 1 aliphatic rings. The number of urea groups is 1. The first-order valence-corrected chi connectivity index (χ1v) is 8.20. The van der Waals surface area contributed by atoms with Crippen LogP contribution in [0.25, 0.3) is 0 Å². The van der Waals surface area contributed by atoms with Gasteiger partial charge in [-0.2, -0.15) is 0 Å². The van der Waals surface area contributed by atoms with Crippen molar-refractivity contribution in [2.45, 2.75) is 32.9 Å². The highest BCUT2D eigenvalue weighted by Crippen LogP contribution is 2.28. The molecule has 4 amide bonds. The minimum absolute atomic E-state index is 0.180. The fourth-order valence-electron chi connectivity index (χ4n) is 2.53. The number of fused-ring (bicyclic) bond motifs is 1. The van der Waals surface area contributed by atoms with Crippen molar-refractivity contribution >= 4 is 35.2 Å². The number of aliphatic carboxylic acids is 1. The quantitative estimate of drug-likeness (QED) is 0.615. The van der Waals surface area contributed by atoms with Gasteiger partial charge < -0.3 is 21.1 Å². The Bertz CT molecular complexity index is 734. The van der Waals surface area contributed by atoms with E-state index < -0.39 is 30.0 Å². The number of nitrogens with zero attached hydrogens (tertiary/aromatic N) is 1. The molecule has 1 heterocycles. The third kappa shape index (κ3) is 4.29. The number of carboxylic acid groups (broad SMARTS) is 1. The maximum absolute atomic E-state index is 12.7. The van der Waals surface area contributed by atoms with Gasteiger partial charge in [-0.05, 0) is 25.0 Å². The molecule has 0 aromatic heterocycles. The summed E-state index contributed by atoms with van der Waals surface area (Å²) in [5.74, 6) is -2.40. The number of carbonyl (C=O) groups is 4. The molecule has 0 spiro atoms. The van der Waals surface area contributed by atoms with Gasteiger partial charge in [0.1, 0.15) is 18.6 Å². The van der Waals surface area contributed by atoms with Crippen molar-refractivity contribution in [1.29, 1.82) is 0 Å². The summed E-state index contributed by atoms with van der Waals surface area (Å²) in [6, 6.07) is 4.20. The van der Waals surface area contributed by atoms with Crippen molar-refractivity contribution in [3.8, 4) is 0 Å². The number of anilines is 2. The zero-order valence-electron chi connectivity index (χ0n) is 14.8. The predicted octanol–water partition coefficient (Wildman–Crippen LogP) is 0.769. The zero-order chi connectivity index (χ0) is 19.4. The van der Waals surface area contributed by atoms with Gasteiger partial charge >= 0.3 is 12.0 Å². The third-order valence-electron chi connectivity index (χ3n) is 3.97. The number of rotatable bonds is 5. The fraction of sp³-hybridized carbons (Fsp3) is 0.412. The fourth-order valence-corrected chi connectivity index (χ4v) is 2.53. The molecule has 1 aromatic rings. The van der Waals surface area contributed by atoms with E-state index >= 15 is 0 Å². The van der Waals surface area contributed by atoms with Gasteiger partial charge in [0.05, 0.1) is 11.4 Å². The molecule has 4 N–H and O–H groups in total. The molecule has 2 atom stereocenters. The number of benzene rings is 1. The minimum atomic E-state index is -1.17. The standard InChI is InChI=1S/C17H22N4O5/c1-9(2)14(15(23)18-10(3)16(24)25)20-17(26)21-8-13(22)19-11-6-4-5-7-12(11)21/h4-7,9-10,14H,8H2,1-3H3,(H,18,23)(H,19,22)(H,20,26)(H,24,25)/t10-,14+/m1/s1. The molecule has 9 nitrogen and oxygen atoms in total. The van der Waals surface area contributed by atoms with Crippen LogP contribution in [0.5, 0.6) is 0 Å². The smallest absolute Gasteiger partial charge is 0.325 e. The highest BCUT2D eigenvalue weighted by molar-refractivity contribution is 6.10. The topological polar surface area (TPSA) is 128 Å². The third-order valence-corrected chi connectivity index (χ3v) is 3.97. The number of carbonyl (C=O) groups excluding carboxylic acids is 3. The van der Waals surface area contributed by atoms with E-state index in [2.05, 4.69) is 16.0 Å². The number of amides is 4. The van der Waals surface area contributed by atoms with Crippen LogP contribution >= 0.6 is 0 Å². The summed E-state index contributed by atoms with van der Waals surface area (Å²) in [5, 5.41) is 16.5. The highest BCUT2D eigenvalue weighted by Gasteiger charge is 2.32. The molecule has 0 radical (unpaired) electrons. The summed E-state index contributed by atoms with van der Waals surface area (Å²) in [6.45, 7) is 4.62. The molecular weight excluding hydrogens is 340 g/mol. The second kappa shape index (κ2) is 7.85.